The summed E-state index contributed by atoms with van der Waals surface area (Å²) in [6, 6.07) is 7.67. The monoisotopic (exact) mass is 319 g/mol. The Bertz CT molecular complexity index is 745. The zero-order valence-electron chi connectivity index (χ0n) is 12.7. The summed E-state index contributed by atoms with van der Waals surface area (Å²) in [5, 5.41) is 0. The lowest BCUT2D eigenvalue weighted by atomic mass is 9.95. The fourth-order valence-electron chi connectivity index (χ4n) is 2.67. The highest BCUT2D eigenvalue weighted by atomic mass is 19.1. The predicted molar refractivity (Wildman–Crippen MR) is 84.6 cm³/mol. The summed E-state index contributed by atoms with van der Waals surface area (Å²) >= 11 is 0. The summed E-state index contributed by atoms with van der Waals surface area (Å²) in [5.41, 5.74) is 6.43. The van der Waals surface area contributed by atoms with E-state index in [4.69, 9.17) is 10.5 Å². The molecule has 0 unspecified atom stereocenters. The average molecular weight is 319 g/mol. The van der Waals surface area contributed by atoms with Gasteiger partial charge in [-0.3, -0.25) is 4.79 Å². The molecule has 0 radical (unpaired) electrons. The van der Waals surface area contributed by atoms with Crippen LogP contribution >= 0.6 is 0 Å². The number of nitrogens with two attached hydrogens (primary N) is 1. The minimum absolute atomic E-state index is 0. The SMILES string of the molecule is COc1ccc([C@H](N)C2CC2)c(F)c1C(=O)c1ccc(F)cc1.[HH]. The minimum atomic E-state index is -0.655. The van der Waals surface area contributed by atoms with Gasteiger partial charge in [-0.2, -0.15) is 0 Å². The van der Waals surface area contributed by atoms with Crippen molar-refractivity contribution in [2.45, 2.75) is 18.9 Å². The van der Waals surface area contributed by atoms with Crippen molar-refractivity contribution in [2.24, 2.45) is 11.7 Å². The predicted octanol–water partition coefficient (Wildman–Crippen LogP) is 3.86. The van der Waals surface area contributed by atoms with Crippen molar-refractivity contribution in [3.63, 3.8) is 0 Å². The van der Waals surface area contributed by atoms with E-state index in [9.17, 15) is 13.6 Å². The standard InChI is InChI=1S/C18H17F2NO2.H2/c1-23-14-9-8-13(17(21)10-2-3-10)16(20)15(14)18(22)11-4-6-12(19)7-5-11;/h4-10,17H,2-3,21H2,1H3;1H/t17-;/m1./s1. The Morgan fingerprint density at radius 1 is 1.22 bits per heavy atom. The molecule has 0 heterocycles. The molecule has 0 saturated heterocycles. The normalized spacial score (nSPS) is 15.3. The van der Waals surface area contributed by atoms with Gasteiger partial charge in [0.05, 0.1) is 7.11 Å². The number of halogens is 2. The van der Waals surface area contributed by atoms with Crippen LogP contribution in [0, 0.1) is 17.6 Å². The zero-order valence-corrected chi connectivity index (χ0v) is 12.7. The van der Waals surface area contributed by atoms with Gasteiger partial charge in [-0.25, -0.2) is 8.78 Å². The molecule has 0 spiro atoms. The molecular formula is C18H19F2NO2. The van der Waals surface area contributed by atoms with Gasteiger partial charge in [0, 0.05) is 18.6 Å². The summed E-state index contributed by atoms with van der Waals surface area (Å²) in [4.78, 5) is 12.6. The topological polar surface area (TPSA) is 52.3 Å². The average Bonchev–Trinajstić information content (AvgIpc) is 3.39. The third kappa shape index (κ3) is 2.97. The quantitative estimate of drug-likeness (QED) is 0.851. The van der Waals surface area contributed by atoms with E-state index in [0.29, 0.717) is 5.56 Å². The fourth-order valence-corrected chi connectivity index (χ4v) is 2.67. The van der Waals surface area contributed by atoms with Gasteiger partial charge in [0.15, 0.2) is 5.78 Å². The number of rotatable bonds is 5. The summed E-state index contributed by atoms with van der Waals surface area (Å²) in [5.74, 6) is -1.27. The van der Waals surface area contributed by atoms with Crippen LogP contribution in [0.2, 0.25) is 0 Å². The van der Waals surface area contributed by atoms with E-state index in [1.54, 1.807) is 12.1 Å². The first-order chi connectivity index (χ1) is 11.0. The summed E-state index contributed by atoms with van der Waals surface area (Å²) in [6.45, 7) is 0. The van der Waals surface area contributed by atoms with Gasteiger partial charge in [-0.15, -0.1) is 0 Å². The molecule has 122 valence electrons. The van der Waals surface area contributed by atoms with Crippen molar-refractivity contribution in [1.29, 1.82) is 0 Å². The van der Waals surface area contributed by atoms with Gasteiger partial charge in [-0.1, -0.05) is 6.07 Å². The van der Waals surface area contributed by atoms with Gasteiger partial charge in [0.2, 0.25) is 0 Å². The van der Waals surface area contributed by atoms with Crippen LogP contribution < -0.4 is 10.5 Å². The number of ether oxygens (including phenoxy) is 1. The lowest BCUT2D eigenvalue weighted by molar-refractivity contribution is 0.103. The van der Waals surface area contributed by atoms with Gasteiger partial charge >= 0.3 is 0 Å². The lowest BCUT2D eigenvalue weighted by Crippen LogP contribution is -2.17. The second-order valence-corrected chi connectivity index (χ2v) is 5.75. The van der Waals surface area contributed by atoms with Crippen LogP contribution in [0.5, 0.6) is 5.75 Å². The van der Waals surface area contributed by atoms with E-state index in [1.165, 1.54) is 19.2 Å². The van der Waals surface area contributed by atoms with E-state index >= 15 is 0 Å². The Labute approximate surface area is 134 Å². The number of carbonyl (C=O) groups excluding carboxylic acids is 1. The van der Waals surface area contributed by atoms with E-state index < -0.39 is 23.5 Å². The molecule has 2 aromatic rings. The van der Waals surface area contributed by atoms with Crippen molar-refractivity contribution in [1.82, 2.24) is 0 Å². The van der Waals surface area contributed by atoms with Gasteiger partial charge in [-0.05, 0) is 49.1 Å². The molecule has 1 aliphatic carbocycles. The Morgan fingerprint density at radius 3 is 2.43 bits per heavy atom. The number of carbonyl (C=O) groups is 1. The number of methoxy groups -OCH3 is 1. The van der Waals surface area contributed by atoms with E-state index in [-0.39, 0.29) is 24.2 Å². The molecule has 0 aliphatic heterocycles. The maximum absolute atomic E-state index is 14.9. The van der Waals surface area contributed by atoms with Crippen molar-refractivity contribution in [3.8, 4) is 5.75 Å². The number of hydrogen-bond donors (Lipinski definition) is 1. The molecule has 2 aromatic carbocycles. The number of hydrogen-bond acceptors (Lipinski definition) is 3. The maximum atomic E-state index is 14.9. The fraction of sp³-hybridized carbons (Fsp3) is 0.278. The van der Waals surface area contributed by atoms with E-state index in [1.807, 2.05) is 0 Å². The van der Waals surface area contributed by atoms with E-state index in [2.05, 4.69) is 0 Å². The second kappa shape index (κ2) is 6.08. The third-order valence-corrected chi connectivity index (χ3v) is 4.18. The van der Waals surface area contributed by atoms with Crippen molar-refractivity contribution in [3.05, 3.63) is 64.7 Å². The van der Waals surface area contributed by atoms with Crippen LogP contribution in [-0.4, -0.2) is 12.9 Å². The van der Waals surface area contributed by atoms with Crippen LogP contribution in [0.15, 0.2) is 36.4 Å². The van der Waals surface area contributed by atoms with E-state index in [0.717, 1.165) is 25.0 Å². The second-order valence-electron chi connectivity index (χ2n) is 5.75. The molecule has 1 fully saturated rings. The number of benzene rings is 2. The van der Waals surface area contributed by atoms with Crippen molar-refractivity contribution < 1.29 is 19.7 Å². The van der Waals surface area contributed by atoms with Crippen LogP contribution in [-0.2, 0) is 0 Å². The lowest BCUT2D eigenvalue weighted by Gasteiger charge is -2.16. The first-order valence-corrected chi connectivity index (χ1v) is 7.45. The molecule has 2 N–H and O–H groups in total. The minimum Gasteiger partial charge on any atom is -0.496 e. The summed E-state index contributed by atoms with van der Waals surface area (Å²) < 4.78 is 33.1. The van der Waals surface area contributed by atoms with Gasteiger partial charge < -0.3 is 10.5 Å². The summed E-state index contributed by atoms with van der Waals surface area (Å²) in [6.07, 6.45) is 1.93. The Balaban J connectivity index is 0.00000208. The highest BCUT2D eigenvalue weighted by Gasteiger charge is 2.33. The van der Waals surface area contributed by atoms with Gasteiger partial charge in [0.25, 0.3) is 0 Å². The third-order valence-electron chi connectivity index (χ3n) is 4.18. The molecule has 0 bridgehead atoms. The Morgan fingerprint density at radius 2 is 1.87 bits per heavy atom. The molecule has 1 saturated carbocycles. The van der Waals surface area contributed by atoms with Gasteiger partial charge in [0.1, 0.15) is 22.9 Å². The van der Waals surface area contributed by atoms with Crippen LogP contribution in [0.25, 0.3) is 0 Å². The maximum Gasteiger partial charge on any atom is 0.199 e. The number of ketones is 1. The Kier molecular flexibility index (Phi) is 4.13. The van der Waals surface area contributed by atoms with Crippen LogP contribution in [0.4, 0.5) is 8.78 Å². The molecule has 5 heteroatoms. The first-order valence-electron chi connectivity index (χ1n) is 7.45. The molecule has 1 aliphatic rings. The molecule has 3 nitrogen and oxygen atoms in total. The molecule has 1 atom stereocenters. The highest BCUT2D eigenvalue weighted by Crippen LogP contribution is 2.41. The summed E-state index contributed by atoms with van der Waals surface area (Å²) in [7, 11) is 1.37. The van der Waals surface area contributed by atoms with Crippen molar-refractivity contribution >= 4 is 5.78 Å². The highest BCUT2D eigenvalue weighted by molar-refractivity contribution is 6.11. The zero-order chi connectivity index (χ0) is 16.6. The molecule has 0 amide bonds. The van der Waals surface area contributed by atoms with Crippen LogP contribution in [0.3, 0.4) is 0 Å². The first kappa shape index (κ1) is 15.6. The molecule has 3 rings (SSSR count). The molecule has 23 heavy (non-hydrogen) atoms. The van der Waals surface area contributed by atoms with Crippen LogP contribution in [0.1, 0.15) is 41.8 Å². The smallest absolute Gasteiger partial charge is 0.199 e. The largest absolute Gasteiger partial charge is 0.496 e. The Hall–Kier alpha value is -2.27. The van der Waals surface area contributed by atoms with Crippen molar-refractivity contribution in [2.75, 3.05) is 7.11 Å². The molecular weight excluding hydrogens is 300 g/mol. The molecule has 0 aromatic heterocycles.